The van der Waals surface area contributed by atoms with Crippen LogP contribution in [0, 0.1) is 19.7 Å². The molecule has 35 heavy (non-hydrogen) atoms. The van der Waals surface area contributed by atoms with Gasteiger partial charge in [0, 0.05) is 33.9 Å². The molecule has 2 saturated heterocycles. The van der Waals surface area contributed by atoms with Crippen molar-refractivity contribution in [2.45, 2.75) is 97.3 Å². The monoisotopic (exact) mass is 477 g/mol. The summed E-state index contributed by atoms with van der Waals surface area (Å²) >= 11 is 0. The van der Waals surface area contributed by atoms with Gasteiger partial charge in [0.1, 0.15) is 5.82 Å². The molecule has 1 N–H and O–H groups in total. The Morgan fingerprint density at radius 1 is 1.00 bits per heavy atom. The number of aromatic nitrogens is 2. The third kappa shape index (κ3) is 4.90. The van der Waals surface area contributed by atoms with Gasteiger partial charge in [-0.3, -0.25) is 4.98 Å². The smallest absolute Gasteiger partial charge is 0.128 e. The summed E-state index contributed by atoms with van der Waals surface area (Å²) in [6.45, 7) is 15.0. The summed E-state index contributed by atoms with van der Waals surface area (Å²) in [5.74, 6) is 0.522. The average Bonchev–Trinajstić information content (AvgIpc) is 3.16. The maximum Gasteiger partial charge on any atom is 0.128 e. The number of halogens is 1. The van der Waals surface area contributed by atoms with E-state index >= 15 is 4.39 Å². The van der Waals surface area contributed by atoms with E-state index in [9.17, 15) is 0 Å². The molecule has 0 amide bonds. The molecule has 5 rings (SSSR count). The van der Waals surface area contributed by atoms with Crippen molar-refractivity contribution in [1.29, 1.82) is 0 Å². The zero-order valence-corrected chi connectivity index (χ0v) is 22.1. The molecule has 2 aliphatic heterocycles. The van der Waals surface area contributed by atoms with Gasteiger partial charge in [-0.15, -0.1) is 0 Å². The third-order valence-electron chi connectivity index (χ3n) is 8.06. The Morgan fingerprint density at radius 3 is 2.23 bits per heavy atom. The molecule has 188 valence electrons. The van der Waals surface area contributed by atoms with Crippen molar-refractivity contribution in [2.24, 2.45) is 0 Å². The van der Waals surface area contributed by atoms with Gasteiger partial charge < -0.3 is 14.6 Å². The number of ether oxygens (including phenoxy) is 1. The van der Waals surface area contributed by atoms with E-state index in [2.05, 4.69) is 60.8 Å². The van der Waals surface area contributed by atoms with Gasteiger partial charge in [-0.1, -0.05) is 13.8 Å². The van der Waals surface area contributed by atoms with Crippen LogP contribution in [0.2, 0.25) is 0 Å². The van der Waals surface area contributed by atoms with E-state index in [-0.39, 0.29) is 11.7 Å². The van der Waals surface area contributed by atoms with Crippen LogP contribution in [0.25, 0.3) is 22.2 Å². The summed E-state index contributed by atoms with van der Waals surface area (Å²) in [5, 5.41) is 1.16. The molecule has 2 fully saturated rings. The number of pyridine rings is 1. The largest absolute Gasteiger partial charge is 0.375 e. The molecule has 5 heteroatoms. The first kappa shape index (κ1) is 24.5. The van der Waals surface area contributed by atoms with E-state index in [1.165, 1.54) is 5.56 Å². The van der Waals surface area contributed by atoms with Crippen molar-refractivity contribution in [3.63, 3.8) is 0 Å². The highest BCUT2D eigenvalue weighted by atomic mass is 19.1. The first-order valence-electron chi connectivity index (χ1n) is 13.4. The predicted octanol–water partition coefficient (Wildman–Crippen LogP) is 7.24. The topological polar surface area (TPSA) is 41.2 Å². The lowest BCUT2D eigenvalue weighted by molar-refractivity contribution is -0.0683. The van der Waals surface area contributed by atoms with Crippen molar-refractivity contribution in [1.82, 2.24) is 14.9 Å². The molecule has 3 aromatic rings. The molecule has 4 heterocycles. The van der Waals surface area contributed by atoms with Gasteiger partial charge in [0.05, 0.1) is 17.9 Å². The number of rotatable bonds is 4. The number of nitrogens with zero attached hydrogens (tertiary/aromatic N) is 2. The Labute approximate surface area is 209 Å². The molecule has 0 spiro atoms. The van der Waals surface area contributed by atoms with Gasteiger partial charge in [-0.25, -0.2) is 4.39 Å². The van der Waals surface area contributed by atoms with Crippen LogP contribution in [-0.4, -0.2) is 46.2 Å². The predicted molar refractivity (Wildman–Crippen MR) is 142 cm³/mol. The van der Waals surface area contributed by atoms with Gasteiger partial charge in [0.15, 0.2) is 0 Å². The SMILES string of the molecule is Cc1cc(-c2[nH]c3cc(F)c(C4CCN(C5CC(C)OC(C)C5)CC4)cc3c2C(C)C)cc(C)n1. The summed E-state index contributed by atoms with van der Waals surface area (Å²) < 4.78 is 21.4. The van der Waals surface area contributed by atoms with E-state index in [1.54, 1.807) is 6.07 Å². The third-order valence-corrected chi connectivity index (χ3v) is 8.06. The summed E-state index contributed by atoms with van der Waals surface area (Å²) in [5.41, 5.74) is 7.28. The molecule has 2 atom stereocenters. The second kappa shape index (κ2) is 9.67. The Hall–Kier alpha value is -2.24. The number of likely N-dealkylation sites (tertiary alicyclic amines) is 1. The normalized spacial score (nSPS) is 24.5. The van der Waals surface area contributed by atoms with Crippen LogP contribution >= 0.6 is 0 Å². The summed E-state index contributed by atoms with van der Waals surface area (Å²) in [4.78, 5) is 10.7. The summed E-state index contributed by atoms with van der Waals surface area (Å²) in [6, 6.07) is 8.71. The number of H-pyrrole nitrogens is 1. The van der Waals surface area contributed by atoms with Crippen LogP contribution in [0.15, 0.2) is 24.3 Å². The molecule has 4 nitrogen and oxygen atoms in total. The van der Waals surface area contributed by atoms with E-state index in [1.807, 2.05) is 13.8 Å². The minimum atomic E-state index is -0.0746. The number of nitrogens with one attached hydrogen (secondary N) is 1. The fraction of sp³-hybridized carbons (Fsp3) is 0.567. The lowest BCUT2D eigenvalue weighted by Gasteiger charge is -2.42. The molecule has 0 saturated carbocycles. The van der Waals surface area contributed by atoms with Gasteiger partial charge in [-0.05, 0) is 114 Å². The lowest BCUT2D eigenvalue weighted by atomic mass is 9.85. The minimum Gasteiger partial charge on any atom is -0.375 e. The van der Waals surface area contributed by atoms with Crippen LogP contribution in [0.3, 0.4) is 0 Å². The Bertz CT molecular complexity index is 1180. The standard InChI is InChI=1S/C30H40FN3O/c1-17(2)29-26-15-25(22-7-9-34(10-8-22)24-13-20(5)35-21(6)14-24)27(31)16-28(26)33-30(29)23-11-18(3)32-19(4)12-23/h11-12,15-17,20-22,24,33H,7-10,13-14H2,1-6H3. The minimum absolute atomic E-state index is 0.0746. The van der Waals surface area contributed by atoms with Crippen LogP contribution in [0.1, 0.15) is 87.7 Å². The summed E-state index contributed by atoms with van der Waals surface area (Å²) in [6.07, 6.45) is 4.89. The van der Waals surface area contributed by atoms with Crippen molar-refractivity contribution < 1.29 is 9.13 Å². The molecule has 1 aromatic carbocycles. The maximum atomic E-state index is 15.5. The number of benzene rings is 1. The zero-order valence-electron chi connectivity index (χ0n) is 22.1. The average molecular weight is 478 g/mol. The van der Waals surface area contributed by atoms with Crippen molar-refractivity contribution in [2.75, 3.05) is 13.1 Å². The second-order valence-corrected chi connectivity index (χ2v) is 11.3. The molecule has 2 aromatic heterocycles. The van der Waals surface area contributed by atoms with Crippen molar-refractivity contribution in [3.8, 4) is 11.3 Å². The van der Waals surface area contributed by atoms with E-state index in [0.717, 1.165) is 77.9 Å². The van der Waals surface area contributed by atoms with E-state index < -0.39 is 0 Å². The maximum absolute atomic E-state index is 15.5. The number of aromatic amines is 1. The number of fused-ring (bicyclic) bond motifs is 1. The summed E-state index contributed by atoms with van der Waals surface area (Å²) in [7, 11) is 0. The highest BCUT2D eigenvalue weighted by Crippen LogP contribution is 2.40. The molecule has 0 aliphatic carbocycles. The molecule has 2 aliphatic rings. The van der Waals surface area contributed by atoms with Crippen LogP contribution in [0.4, 0.5) is 4.39 Å². The quantitative estimate of drug-likeness (QED) is 0.430. The number of piperidine rings is 1. The second-order valence-electron chi connectivity index (χ2n) is 11.3. The van der Waals surface area contributed by atoms with Gasteiger partial charge in [-0.2, -0.15) is 0 Å². The van der Waals surface area contributed by atoms with Gasteiger partial charge in [0.2, 0.25) is 0 Å². The van der Waals surface area contributed by atoms with Crippen LogP contribution < -0.4 is 0 Å². The Morgan fingerprint density at radius 2 is 1.63 bits per heavy atom. The van der Waals surface area contributed by atoms with E-state index in [4.69, 9.17) is 4.74 Å². The molecule has 0 bridgehead atoms. The fourth-order valence-electron chi connectivity index (χ4n) is 6.62. The lowest BCUT2D eigenvalue weighted by Crippen LogP contribution is -2.47. The highest BCUT2D eigenvalue weighted by molar-refractivity contribution is 5.92. The molecular formula is C30H40FN3O. The zero-order chi connectivity index (χ0) is 24.9. The number of aryl methyl sites for hydroxylation is 2. The molecule has 2 unspecified atom stereocenters. The van der Waals surface area contributed by atoms with Crippen molar-refractivity contribution in [3.05, 3.63) is 52.6 Å². The number of hydrogen-bond donors (Lipinski definition) is 1. The first-order chi connectivity index (χ1) is 16.7. The van der Waals surface area contributed by atoms with E-state index in [0.29, 0.717) is 24.2 Å². The van der Waals surface area contributed by atoms with Crippen molar-refractivity contribution >= 4 is 10.9 Å². The fourth-order valence-corrected chi connectivity index (χ4v) is 6.62. The molecular weight excluding hydrogens is 437 g/mol. The first-order valence-corrected chi connectivity index (χ1v) is 13.4. The number of hydrogen-bond acceptors (Lipinski definition) is 3. The van der Waals surface area contributed by atoms with Crippen LogP contribution in [-0.2, 0) is 4.74 Å². The highest BCUT2D eigenvalue weighted by Gasteiger charge is 2.32. The Kier molecular flexibility index (Phi) is 6.75. The molecule has 0 radical (unpaired) electrons. The Balaban J connectivity index is 1.44. The van der Waals surface area contributed by atoms with Crippen LogP contribution in [0.5, 0.6) is 0 Å². The van der Waals surface area contributed by atoms with Gasteiger partial charge in [0.25, 0.3) is 0 Å². The van der Waals surface area contributed by atoms with Gasteiger partial charge >= 0.3 is 0 Å².